The fraction of sp³-hybridized carbons (Fsp3) is 0.500. The van der Waals surface area contributed by atoms with Crippen molar-refractivity contribution >= 4 is 59.2 Å². The number of rotatable bonds is 26. The Morgan fingerprint density at radius 1 is 0.638 bits per heavy atom. The van der Waals surface area contributed by atoms with Gasteiger partial charge in [-0.2, -0.15) is 0 Å². The molecule has 0 unspecified atom stereocenters. The topological polar surface area (TPSA) is 348 Å². The van der Waals surface area contributed by atoms with Gasteiger partial charge in [0, 0.05) is 19.8 Å². The fourth-order valence-corrected chi connectivity index (χ4v) is 5.01. The van der Waals surface area contributed by atoms with Gasteiger partial charge in [0.05, 0.1) is 26.3 Å². The van der Waals surface area contributed by atoms with Crippen molar-refractivity contribution < 1.29 is 68.4 Å². The lowest BCUT2D eigenvalue weighted by molar-refractivity contribution is -0.141. The quantitative estimate of drug-likeness (QED) is 0.0393. The van der Waals surface area contributed by atoms with Crippen molar-refractivity contribution in [3.63, 3.8) is 0 Å². The largest absolute Gasteiger partial charge is 0.481 e. The third-order valence-electron chi connectivity index (χ3n) is 8.04. The number of carbonyl (C=O) groups is 10. The molecule has 0 aromatic heterocycles. The Morgan fingerprint density at radius 3 is 1.62 bits per heavy atom. The van der Waals surface area contributed by atoms with Crippen molar-refractivity contribution in [1.29, 1.82) is 0 Å². The van der Waals surface area contributed by atoms with Crippen molar-refractivity contribution in [3.05, 3.63) is 48.6 Å². The van der Waals surface area contributed by atoms with Crippen LogP contribution in [0.1, 0.15) is 45.6 Å². The van der Waals surface area contributed by atoms with E-state index in [0.717, 1.165) is 6.92 Å². The summed E-state index contributed by atoms with van der Waals surface area (Å²) in [4.78, 5) is 124. The van der Waals surface area contributed by atoms with E-state index in [1.165, 1.54) is 6.08 Å². The molecule has 58 heavy (non-hydrogen) atoms. The van der Waals surface area contributed by atoms with Gasteiger partial charge in [0.1, 0.15) is 36.3 Å². The maximum Gasteiger partial charge on any atom is 0.326 e. The molecule has 0 saturated carbocycles. The van der Waals surface area contributed by atoms with E-state index < -0.39 is 141 Å². The Kier molecular flexibility index (Phi) is 22.0. The summed E-state index contributed by atoms with van der Waals surface area (Å²) in [6.45, 7) is 4.43. The van der Waals surface area contributed by atoms with E-state index in [4.69, 9.17) is 0 Å². The Labute approximate surface area is 333 Å². The highest BCUT2D eigenvalue weighted by Gasteiger charge is 2.32. The van der Waals surface area contributed by atoms with E-state index in [9.17, 15) is 68.4 Å². The maximum atomic E-state index is 13.2. The number of nitrogens with one attached hydrogen (secondary N) is 8. The molecule has 0 saturated heterocycles. The molecular formula is C36H52N8O14. The zero-order valence-electron chi connectivity index (χ0n) is 32.2. The molecule has 0 bridgehead atoms. The molecule has 0 fully saturated rings. The second-order valence-electron chi connectivity index (χ2n) is 13.1. The van der Waals surface area contributed by atoms with Crippen LogP contribution in [-0.2, 0) is 54.4 Å². The molecule has 0 aliphatic carbocycles. The average molecular weight is 821 g/mol. The van der Waals surface area contributed by atoms with E-state index in [-0.39, 0.29) is 12.8 Å². The number of carboxylic acids is 2. The molecule has 1 aromatic carbocycles. The molecule has 0 spiro atoms. The van der Waals surface area contributed by atoms with Gasteiger partial charge in [-0.1, -0.05) is 50.3 Å². The number of carboxylic acid groups (broad SMARTS) is 2. The lowest BCUT2D eigenvalue weighted by Gasteiger charge is -2.26. The smallest absolute Gasteiger partial charge is 0.326 e. The highest BCUT2D eigenvalue weighted by atomic mass is 16.4. The van der Waals surface area contributed by atoms with Gasteiger partial charge in [-0.25, -0.2) is 4.79 Å². The molecule has 6 atom stereocenters. The summed E-state index contributed by atoms with van der Waals surface area (Å²) in [6, 6.07) is -0.0923. The van der Waals surface area contributed by atoms with Gasteiger partial charge in [0.2, 0.25) is 47.3 Å². The first-order valence-corrected chi connectivity index (χ1v) is 18.0. The summed E-state index contributed by atoms with van der Waals surface area (Å²) in [5.74, 6) is -10.6. The first-order valence-electron chi connectivity index (χ1n) is 18.0. The molecule has 12 N–H and O–H groups in total. The molecule has 0 radical (unpaired) electrons. The zero-order chi connectivity index (χ0) is 43.9. The predicted molar refractivity (Wildman–Crippen MR) is 202 cm³/mol. The molecule has 8 amide bonds. The summed E-state index contributed by atoms with van der Waals surface area (Å²) in [5.41, 5.74) is 0.643. The molecule has 22 nitrogen and oxygen atoms in total. The van der Waals surface area contributed by atoms with Crippen molar-refractivity contribution in [3.8, 4) is 0 Å². The third-order valence-corrected chi connectivity index (χ3v) is 8.04. The van der Waals surface area contributed by atoms with Gasteiger partial charge >= 0.3 is 11.9 Å². The molecule has 22 heteroatoms. The van der Waals surface area contributed by atoms with Crippen molar-refractivity contribution in [1.82, 2.24) is 42.5 Å². The molecule has 1 aromatic rings. The van der Waals surface area contributed by atoms with Crippen LogP contribution in [0.15, 0.2) is 43.0 Å². The van der Waals surface area contributed by atoms with Crippen LogP contribution >= 0.6 is 0 Å². The SMILES string of the molecule is C=CC[C@H](NC(=O)[C@H](CO)NC(=O)CNC(=O)[C@H](CCC(=O)O)NC(=O)[C@H](NC(=O)[C@@H](CO)NC(C)=O)C(C)C)C(=O)NCC(=O)N[C@@H](Cc1ccccc1)C(=O)O. The van der Waals surface area contributed by atoms with Crippen LogP contribution in [0.25, 0.3) is 0 Å². The first-order chi connectivity index (χ1) is 27.3. The number of hydrogen-bond acceptors (Lipinski definition) is 12. The highest BCUT2D eigenvalue weighted by Crippen LogP contribution is 2.07. The zero-order valence-corrected chi connectivity index (χ0v) is 32.2. The minimum Gasteiger partial charge on any atom is -0.481 e. The lowest BCUT2D eigenvalue weighted by atomic mass is 10.0. The Hall–Kier alpha value is -6.42. The Balaban J connectivity index is 2.87. The van der Waals surface area contributed by atoms with E-state index in [1.54, 1.807) is 44.2 Å². The van der Waals surface area contributed by atoms with Crippen molar-refractivity contribution in [2.24, 2.45) is 5.92 Å². The standard InChI is InChI=1S/C36H52N8O14/c1-5-9-22(31(52)37-15-27(48)40-24(36(57)58)14-21-10-7-6-8-11-21)42-33(54)26(18-46)41-28(49)16-38-32(53)23(12-13-29(50)51)43-35(56)30(19(2)3)44-34(55)25(17-45)39-20(4)47/h5-8,10-11,19,22-26,30,45-46H,1,9,12-18H2,2-4H3,(H,37,52)(H,38,53)(H,39,47)(H,40,48)(H,41,49)(H,42,54)(H,43,56)(H,44,55)(H,50,51)(H,57,58)/t22-,23-,24-,25+,26-,30+/m0/s1. The van der Waals surface area contributed by atoms with Gasteiger partial charge in [-0.15, -0.1) is 6.58 Å². The van der Waals surface area contributed by atoms with Crippen LogP contribution in [0.2, 0.25) is 0 Å². The van der Waals surface area contributed by atoms with Gasteiger partial charge in [0.25, 0.3) is 0 Å². The van der Waals surface area contributed by atoms with E-state index >= 15 is 0 Å². The molecule has 320 valence electrons. The fourth-order valence-electron chi connectivity index (χ4n) is 5.01. The van der Waals surface area contributed by atoms with E-state index in [0.29, 0.717) is 5.56 Å². The van der Waals surface area contributed by atoms with Gasteiger partial charge in [-0.05, 0) is 24.3 Å². The summed E-state index contributed by atoms with van der Waals surface area (Å²) in [7, 11) is 0. The minimum atomic E-state index is -1.67. The molecule has 0 aliphatic rings. The highest BCUT2D eigenvalue weighted by molar-refractivity contribution is 5.97. The van der Waals surface area contributed by atoms with Gasteiger partial charge in [0.15, 0.2) is 0 Å². The predicted octanol–water partition coefficient (Wildman–Crippen LogP) is -4.44. The van der Waals surface area contributed by atoms with Crippen LogP contribution < -0.4 is 42.5 Å². The van der Waals surface area contributed by atoms with Gasteiger partial charge in [-0.3, -0.25) is 43.2 Å². The molecule has 0 aliphatic heterocycles. The normalized spacial score (nSPS) is 13.8. The van der Waals surface area contributed by atoms with Crippen LogP contribution in [0.4, 0.5) is 0 Å². The third kappa shape index (κ3) is 18.5. The second kappa shape index (κ2) is 25.7. The van der Waals surface area contributed by atoms with Gasteiger partial charge < -0.3 is 63.0 Å². The number of carbonyl (C=O) groups excluding carboxylic acids is 8. The maximum absolute atomic E-state index is 13.2. The number of amides is 8. The first kappa shape index (κ1) is 49.6. The van der Waals surface area contributed by atoms with Crippen molar-refractivity contribution in [2.45, 2.75) is 82.7 Å². The van der Waals surface area contributed by atoms with E-state index in [2.05, 4.69) is 49.1 Å². The van der Waals surface area contributed by atoms with Crippen LogP contribution in [-0.4, -0.2) is 142 Å². The van der Waals surface area contributed by atoms with E-state index in [1.807, 2.05) is 0 Å². The number of aliphatic hydroxyl groups is 2. The van der Waals surface area contributed by atoms with Crippen LogP contribution in [0.3, 0.4) is 0 Å². The monoisotopic (exact) mass is 820 g/mol. The number of aliphatic hydroxyl groups excluding tert-OH is 2. The molecular weight excluding hydrogens is 768 g/mol. The number of hydrogen-bond donors (Lipinski definition) is 12. The van der Waals surface area contributed by atoms with Crippen LogP contribution in [0, 0.1) is 5.92 Å². The molecule has 0 heterocycles. The van der Waals surface area contributed by atoms with Crippen molar-refractivity contribution in [2.75, 3.05) is 26.3 Å². The minimum absolute atomic E-state index is 0.0273. The average Bonchev–Trinajstić information content (AvgIpc) is 3.16. The number of benzene rings is 1. The number of aliphatic carboxylic acids is 2. The lowest BCUT2D eigenvalue weighted by Crippen LogP contribution is -2.59. The Morgan fingerprint density at radius 2 is 1.14 bits per heavy atom. The summed E-state index contributed by atoms with van der Waals surface area (Å²) >= 11 is 0. The summed E-state index contributed by atoms with van der Waals surface area (Å²) in [5, 5.41) is 56.1. The second-order valence-corrected chi connectivity index (χ2v) is 13.1. The molecule has 1 rings (SSSR count). The van der Waals surface area contributed by atoms with Crippen LogP contribution in [0.5, 0.6) is 0 Å². The Bertz CT molecular complexity index is 1640. The summed E-state index contributed by atoms with van der Waals surface area (Å²) in [6.07, 6.45) is 0.00593. The summed E-state index contributed by atoms with van der Waals surface area (Å²) < 4.78 is 0.